The highest BCUT2D eigenvalue weighted by Crippen LogP contribution is 2.16. The minimum atomic E-state index is -3.95. The second-order valence-electron chi connectivity index (χ2n) is 7.00. The Morgan fingerprint density at radius 3 is 2.07 bits per heavy atom. The smallest absolute Gasteiger partial charge is 0.324 e. The van der Waals surface area contributed by atoms with Crippen molar-refractivity contribution in [3.05, 3.63) is 29.3 Å². The Labute approximate surface area is 165 Å². The molecule has 152 valence electrons. The summed E-state index contributed by atoms with van der Waals surface area (Å²) in [6, 6.07) is 4.38. The minimum Gasteiger partial charge on any atom is -0.454 e. The predicted molar refractivity (Wildman–Crippen MR) is 104 cm³/mol. The van der Waals surface area contributed by atoms with Crippen LogP contribution < -0.4 is 10.0 Å². The van der Waals surface area contributed by atoms with Crippen LogP contribution in [0.4, 0.5) is 0 Å². The van der Waals surface area contributed by atoms with Crippen molar-refractivity contribution < 1.29 is 22.7 Å². The fraction of sp³-hybridized carbons (Fsp3) is 0.556. The Balaban J connectivity index is 2.76. The summed E-state index contributed by atoms with van der Waals surface area (Å²) in [5, 5.41) is 3.11. The maximum atomic E-state index is 12.5. The van der Waals surface area contributed by atoms with Gasteiger partial charge in [0.1, 0.15) is 6.04 Å². The third kappa shape index (κ3) is 7.48. The molecule has 0 spiro atoms. The van der Waals surface area contributed by atoms with Crippen LogP contribution in [0.2, 0.25) is 5.02 Å². The molecule has 2 N–H and O–H groups in total. The van der Waals surface area contributed by atoms with Gasteiger partial charge in [0.2, 0.25) is 10.0 Å². The van der Waals surface area contributed by atoms with Gasteiger partial charge in [-0.05, 0) is 43.0 Å². The molecule has 0 fully saturated rings. The third-order valence-electron chi connectivity index (χ3n) is 4.06. The summed E-state index contributed by atoms with van der Waals surface area (Å²) in [7, 11) is -3.95. The van der Waals surface area contributed by atoms with Crippen molar-refractivity contribution >= 4 is 33.5 Å². The monoisotopic (exact) mass is 418 g/mol. The third-order valence-corrected chi connectivity index (χ3v) is 5.77. The van der Waals surface area contributed by atoms with Gasteiger partial charge < -0.3 is 10.1 Å². The molecular formula is C18H27ClN2O5S. The number of carbonyl (C=O) groups is 2. The van der Waals surface area contributed by atoms with E-state index in [9.17, 15) is 18.0 Å². The van der Waals surface area contributed by atoms with E-state index in [4.69, 9.17) is 16.3 Å². The van der Waals surface area contributed by atoms with Crippen molar-refractivity contribution in [3.8, 4) is 0 Å². The molecular weight excluding hydrogens is 392 g/mol. The molecule has 0 aliphatic rings. The van der Waals surface area contributed by atoms with Gasteiger partial charge in [0, 0.05) is 11.1 Å². The molecule has 0 saturated heterocycles. The molecule has 27 heavy (non-hydrogen) atoms. The highest BCUT2D eigenvalue weighted by molar-refractivity contribution is 7.89. The lowest BCUT2D eigenvalue weighted by Crippen LogP contribution is -2.46. The average Bonchev–Trinajstić information content (AvgIpc) is 2.57. The van der Waals surface area contributed by atoms with Crippen LogP contribution in [0.25, 0.3) is 0 Å². The summed E-state index contributed by atoms with van der Waals surface area (Å²) >= 11 is 5.77. The van der Waals surface area contributed by atoms with Gasteiger partial charge in [-0.3, -0.25) is 9.59 Å². The van der Waals surface area contributed by atoms with Crippen molar-refractivity contribution in [1.82, 2.24) is 10.0 Å². The van der Waals surface area contributed by atoms with Gasteiger partial charge in [0.15, 0.2) is 6.61 Å². The van der Waals surface area contributed by atoms with E-state index in [0.717, 1.165) is 0 Å². The molecule has 0 bridgehead atoms. The van der Waals surface area contributed by atoms with Gasteiger partial charge in [0.25, 0.3) is 5.91 Å². The fourth-order valence-electron chi connectivity index (χ4n) is 1.99. The summed E-state index contributed by atoms with van der Waals surface area (Å²) in [4.78, 5) is 24.2. The van der Waals surface area contributed by atoms with Crippen LogP contribution in [-0.2, 0) is 24.3 Å². The Morgan fingerprint density at radius 2 is 1.59 bits per heavy atom. The molecule has 0 radical (unpaired) electrons. The van der Waals surface area contributed by atoms with Crippen molar-refractivity contribution in [2.75, 3.05) is 6.61 Å². The standard InChI is InChI=1S/C18H27ClN2O5S/c1-11(2)13(5)20-16(22)10-26-18(23)17(12(3)4)21-27(24,25)15-8-6-14(19)7-9-15/h6-9,11-13,17,21H,10H2,1-5H3,(H,20,22)/t13-,17+/m1/s1. The largest absolute Gasteiger partial charge is 0.454 e. The van der Waals surface area contributed by atoms with Gasteiger partial charge in [-0.25, -0.2) is 8.42 Å². The van der Waals surface area contributed by atoms with Crippen molar-refractivity contribution in [2.45, 2.75) is 51.6 Å². The van der Waals surface area contributed by atoms with Crippen molar-refractivity contribution in [3.63, 3.8) is 0 Å². The predicted octanol–water partition coefficient (Wildman–Crippen LogP) is 2.35. The van der Waals surface area contributed by atoms with Crippen LogP contribution in [0.1, 0.15) is 34.6 Å². The molecule has 0 heterocycles. The normalized spacial score (nSPS) is 14.1. The van der Waals surface area contributed by atoms with E-state index in [-0.39, 0.29) is 22.8 Å². The number of esters is 1. The quantitative estimate of drug-likeness (QED) is 0.599. The minimum absolute atomic E-state index is 0.0196. The van der Waals surface area contributed by atoms with E-state index in [1.807, 2.05) is 20.8 Å². The van der Waals surface area contributed by atoms with E-state index in [1.165, 1.54) is 24.3 Å². The lowest BCUT2D eigenvalue weighted by atomic mass is 10.1. The van der Waals surface area contributed by atoms with E-state index < -0.39 is 34.5 Å². The van der Waals surface area contributed by atoms with E-state index in [1.54, 1.807) is 13.8 Å². The summed E-state index contributed by atoms with van der Waals surface area (Å²) in [6.45, 7) is 8.65. The molecule has 7 nitrogen and oxygen atoms in total. The zero-order valence-electron chi connectivity index (χ0n) is 16.2. The molecule has 1 rings (SSSR count). The number of nitrogens with one attached hydrogen (secondary N) is 2. The van der Waals surface area contributed by atoms with E-state index >= 15 is 0 Å². The molecule has 0 aliphatic heterocycles. The average molecular weight is 419 g/mol. The molecule has 0 saturated carbocycles. The first kappa shape index (κ1) is 23.4. The number of rotatable bonds is 9. The molecule has 0 aliphatic carbocycles. The lowest BCUT2D eigenvalue weighted by Gasteiger charge is -2.21. The molecule has 2 atom stereocenters. The summed E-state index contributed by atoms with van der Waals surface area (Å²) in [5.41, 5.74) is 0. The number of halogens is 1. The molecule has 0 aromatic heterocycles. The molecule has 9 heteroatoms. The number of hydrogen-bond donors (Lipinski definition) is 2. The topological polar surface area (TPSA) is 102 Å². The van der Waals surface area contributed by atoms with Crippen molar-refractivity contribution in [2.24, 2.45) is 11.8 Å². The van der Waals surface area contributed by atoms with Crippen LogP contribution in [-0.4, -0.2) is 39.0 Å². The maximum absolute atomic E-state index is 12.5. The second-order valence-corrected chi connectivity index (χ2v) is 9.16. The first-order chi connectivity index (χ1) is 12.4. The Hall–Kier alpha value is -1.64. The summed E-state index contributed by atoms with van der Waals surface area (Å²) in [6.07, 6.45) is 0. The maximum Gasteiger partial charge on any atom is 0.324 e. The zero-order valence-corrected chi connectivity index (χ0v) is 17.7. The number of sulfonamides is 1. The molecule has 1 aromatic rings. The number of benzene rings is 1. The number of amides is 1. The van der Waals surface area contributed by atoms with E-state index in [0.29, 0.717) is 5.02 Å². The Bertz CT molecular complexity index is 748. The van der Waals surface area contributed by atoms with Gasteiger partial charge in [-0.15, -0.1) is 0 Å². The first-order valence-electron chi connectivity index (χ1n) is 8.68. The summed E-state index contributed by atoms with van der Waals surface area (Å²) < 4.78 is 32.3. The molecule has 0 unspecified atom stereocenters. The lowest BCUT2D eigenvalue weighted by molar-refractivity contribution is -0.151. The van der Waals surface area contributed by atoms with Gasteiger partial charge in [-0.2, -0.15) is 4.72 Å². The molecule has 1 aromatic carbocycles. The van der Waals surface area contributed by atoms with Crippen LogP contribution in [0.3, 0.4) is 0 Å². The second kappa shape index (κ2) is 10.1. The number of ether oxygens (including phenoxy) is 1. The van der Waals surface area contributed by atoms with E-state index in [2.05, 4.69) is 10.0 Å². The first-order valence-corrected chi connectivity index (χ1v) is 10.5. The van der Waals surface area contributed by atoms with Crippen LogP contribution in [0.15, 0.2) is 29.2 Å². The van der Waals surface area contributed by atoms with Gasteiger partial charge in [0.05, 0.1) is 4.90 Å². The highest BCUT2D eigenvalue weighted by Gasteiger charge is 2.30. The van der Waals surface area contributed by atoms with Gasteiger partial charge in [-0.1, -0.05) is 39.3 Å². The number of hydrogen-bond acceptors (Lipinski definition) is 5. The molecule has 1 amide bonds. The zero-order chi connectivity index (χ0) is 20.8. The van der Waals surface area contributed by atoms with Crippen LogP contribution in [0.5, 0.6) is 0 Å². The fourth-order valence-corrected chi connectivity index (χ4v) is 3.45. The summed E-state index contributed by atoms with van der Waals surface area (Å²) in [5.74, 6) is -1.39. The van der Waals surface area contributed by atoms with Crippen LogP contribution >= 0.6 is 11.6 Å². The van der Waals surface area contributed by atoms with Crippen LogP contribution in [0, 0.1) is 11.8 Å². The highest BCUT2D eigenvalue weighted by atomic mass is 35.5. The Kier molecular flexibility index (Phi) is 8.71. The SMILES string of the molecule is CC(C)[C@H](NS(=O)(=O)c1ccc(Cl)cc1)C(=O)OCC(=O)N[C@H](C)C(C)C. The van der Waals surface area contributed by atoms with Gasteiger partial charge >= 0.3 is 5.97 Å². The van der Waals surface area contributed by atoms with Crippen molar-refractivity contribution in [1.29, 1.82) is 0 Å². The number of carbonyl (C=O) groups excluding carboxylic acids is 2. The Morgan fingerprint density at radius 1 is 1.04 bits per heavy atom.